The molecule has 4 N–H and O–H groups in total. The van der Waals surface area contributed by atoms with Crippen molar-refractivity contribution in [1.82, 2.24) is 0 Å². The monoisotopic (exact) mass is 846 g/mol. The summed E-state index contributed by atoms with van der Waals surface area (Å²) in [5.74, 6) is -3.64. The van der Waals surface area contributed by atoms with Crippen LogP contribution in [0.4, 0.5) is 34.1 Å². The summed E-state index contributed by atoms with van der Waals surface area (Å²) in [5, 5.41) is 27.6. The average molecular weight is 848 g/mol. The fourth-order valence-electron chi connectivity index (χ4n) is 5.78. The minimum Gasteiger partial charge on any atom is -0.324 e. The number of halogens is 2. The number of azo groups is 2. The van der Waals surface area contributed by atoms with Crippen LogP contribution in [0.5, 0.6) is 0 Å². The molecule has 5 rings (SSSR count). The zero-order valence-corrected chi connectivity index (χ0v) is 34.5. The molecule has 0 spiro atoms. The van der Waals surface area contributed by atoms with Gasteiger partial charge in [-0.15, -0.1) is 0 Å². The van der Waals surface area contributed by atoms with Crippen molar-refractivity contribution in [2.75, 3.05) is 21.3 Å². The molecule has 0 saturated heterocycles. The summed E-state index contributed by atoms with van der Waals surface area (Å²) < 4.78 is 0. The predicted molar refractivity (Wildman–Crippen MR) is 232 cm³/mol. The Bertz CT molecular complexity index is 2470. The van der Waals surface area contributed by atoms with E-state index in [0.717, 1.165) is 0 Å². The molecular formula is C44H40Cl2N8O6. The Kier molecular flexibility index (Phi) is 15.2. The smallest absolute Gasteiger partial charge is 0.258 e. The van der Waals surface area contributed by atoms with Crippen LogP contribution < -0.4 is 21.3 Å². The number of Topliss-reactive ketones (excluding diaryl/α,β-unsaturated/α-hetero) is 2. The number of benzene rings is 5. The van der Waals surface area contributed by atoms with Gasteiger partial charge in [-0.2, -0.15) is 20.5 Å². The number of ketones is 2. The lowest BCUT2D eigenvalue weighted by molar-refractivity contribution is -0.127. The van der Waals surface area contributed by atoms with Crippen molar-refractivity contribution in [3.63, 3.8) is 0 Å². The van der Waals surface area contributed by atoms with Crippen molar-refractivity contribution in [1.29, 1.82) is 0 Å². The third-order valence-electron chi connectivity index (χ3n) is 8.88. The van der Waals surface area contributed by atoms with Crippen LogP contribution in [0.15, 0.2) is 130 Å². The van der Waals surface area contributed by atoms with E-state index < -0.39 is 47.3 Å². The zero-order chi connectivity index (χ0) is 43.3. The highest BCUT2D eigenvalue weighted by Crippen LogP contribution is 2.30. The molecule has 4 amide bonds. The molecule has 0 aliphatic heterocycles. The van der Waals surface area contributed by atoms with Crippen LogP contribution in [-0.4, -0.2) is 47.3 Å². The molecule has 0 fully saturated rings. The van der Waals surface area contributed by atoms with E-state index in [1.54, 1.807) is 60.7 Å². The molecule has 0 radical (unpaired) electrons. The summed E-state index contributed by atoms with van der Waals surface area (Å²) in [6.07, 6.45) is 0.813. The number of amides is 4. The summed E-state index contributed by atoms with van der Waals surface area (Å²) in [4.78, 5) is 78.2. The minimum atomic E-state index is -1.53. The Morgan fingerprint density at radius 1 is 0.517 bits per heavy atom. The first-order chi connectivity index (χ1) is 28.8. The highest BCUT2D eigenvalue weighted by Gasteiger charge is 2.27. The molecule has 0 aromatic heterocycles. The summed E-state index contributed by atoms with van der Waals surface area (Å²) in [5.41, 5.74) is 3.72. The number of hydrogen-bond donors (Lipinski definition) is 4. The summed E-state index contributed by atoms with van der Waals surface area (Å²) in [7, 11) is 0. The van der Waals surface area contributed by atoms with Gasteiger partial charge in [-0.05, 0) is 111 Å². The van der Waals surface area contributed by atoms with E-state index in [-0.39, 0.29) is 32.5 Å². The molecule has 0 bridgehead atoms. The Labute approximate surface area is 355 Å². The topological polar surface area (TPSA) is 200 Å². The highest BCUT2D eigenvalue weighted by molar-refractivity contribution is 6.35. The van der Waals surface area contributed by atoms with Gasteiger partial charge in [0.05, 0.1) is 32.5 Å². The van der Waals surface area contributed by atoms with E-state index in [1.807, 2.05) is 26.0 Å². The first-order valence-electron chi connectivity index (χ1n) is 18.7. The second kappa shape index (κ2) is 20.7. The lowest BCUT2D eigenvalue weighted by Gasteiger charge is -2.19. The van der Waals surface area contributed by atoms with Gasteiger partial charge in [-0.25, -0.2) is 0 Å². The summed E-state index contributed by atoms with van der Waals surface area (Å²) >= 11 is 12.6. The van der Waals surface area contributed by atoms with Crippen molar-refractivity contribution in [3.05, 3.63) is 141 Å². The van der Waals surface area contributed by atoms with Crippen molar-refractivity contribution in [3.8, 4) is 0 Å². The van der Waals surface area contributed by atoms with E-state index in [1.165, 1.54) is 50.2 Å². The molecular weight excluding hydrogens is 807 g/mol. The zero-order valence-electron chi connectivity index (χ0n) is 33.0. The fraction of sp³-hybridized carbons (Fsp3) is 0.182. The lowest BCUT2D eigenvalue weighted by Crippen LogP contribution is -2.33. The number of carbonyl (C=O) groups excluding carboxylic acids is 6. The van der Waals surface area contributed by atoms with Gasteiger partial charge in [0, 0.05) is 22.7 Å². The van der Waals surface area contributed by atoms with E-state index in [0.29, 0.717) is 46.7 Å². The Morgan fingerprint density at radius 3 is 1.30 bits per heavy atom. The maximum atomic E-state index is 13.6. The first kappa shape index (κ1) is 44.2. The van der Waals surface area contributed by atoms with Crippen LogP contribution in [0, 0.1) is 0 Å². The number of hydrogen-bond acceptors (Lipinski definition) is 10. The van der Waals surface area contributed by atoms with Crippen molar-refractivity contribution in [2.24, 2.45) is 20.5 Å². The van der Waals surface area contributed by atoms with Gasteiger partial charge in [0.25, 0.3) is 23.6 Å². The third-order valence-corrected chi connectivity index (χ3v) is 9.54. The molecule has 306 valence electrons. The standard InChI is InChI=1S/C44H40Cl2N8O6/c1-5-27-21-33(49-43(59)38(25(3)55)53-51-31-17-19-36(45)34(23-31)41(57)47-29-13-9-7-10-14-29)22-28(6-2)40(27)50-44(60)39(26(4)56)54-52-32-18-20-37(46)35(24-32)42(58)48-30-15-11-8-12-16-30/h7-24,38-39H,5-6H2,1-4H3,(H,47,57)(H,48,58)(H,49,59)(H,50,60). The van der Waals surface area contributed by atoms with Crippen LogP contribution in [0.3, 0.4) is 0 Å². The molecule has 0 aliphatic carbocycles. The number of carbonyl (C=O) groups is 6. The Balaban J connectivity index is 1.30. The predicted octanol–water partition coefficient (Wildman–Crippen LogP) is 9.98. The first-order valence-corrected chi connectivity index (χ1v) is 19.5. The van der Waals surface area contributed by atoms with Gasteiger partial charge in [0.2, 0.25) is 12.1 Å². The second-order valence-corrected chi connectivity index (χ2v) is 14.1. The quantitative estimate of drug-likeness (QED) is 0.0562. The molecule has 60 heavy (non-hydrogen) atoms. The van der Waals surface area contributed by atoms with Crippen LogP contribution in [0.1, 0.15) is 59.5 Å². The van der Waals surface area contributed by atoms with Crippen LogP contribution in [0.2, 0.25) is 10.0 Å². The maximum Gasteiger partial charge on any atom is 0.258 e. The number of nitrogens with one attached hydrogen (secondary N) is 4. The number of anilines is 4. The molecule has 0 heterocycles. The van der Waals surface area contributed by atoms with Crippen molar-refractivity contribution >= 4 is 92.5 Å². The van der Waals surface area contributed by atoms with Gasteiger partial charge in [-0.3, -0.25) is 28.8 Å². The molecule has 2 atom stereocenters. The molecule has 2 unspecified atom stereocenters. The summed E-state index contributed by atoms with van der Waals surface area (Å²) in [6, 6.07) is 26.5. The van der Waals surface area contributed by atoms with Crippen LogP contribution in [0.25, 0.3) is 0 Å². The molecule has 16 heteroatoms. The van der Waals surface area contributed by atoms with Gasteiger partial charge >= 0.3 is 0 Å². The Hall–Kier alpha value is -6.90. The summed E-state index contributed by atoms with van der Waals surface area (Å²) in [6.45, 7) is 6.10. The van der Waals surface area contributed by atoms with Gasteiger partial charge < -0.3 is 21.3 Å². The second-order valence-electron chi connectivity index (χ2n) is 13.3. The fourth-order valence-corrected chi connectivity index (χ4v) is 6.19. The number of rotatable bonds is 16. The highest BCUT2D eigenvalue weighted by atomic mass is 35.5. The van der Waals surface area contributed by atoms with E-state index in [4.69, 9.17) is 23.2 Å². The average Bonchev–Trinajstić information content (AvgIpc) is 3.22. The third kappa shape index (κ3) is 11.6. The lowest BCUT2D eigenvalue weighted by atomic mass is 10.0. The van der Waals surface area contributed by atoms with E-state index in [2.05, 4.69) is 41.7 Å². The SMILES string of the molecule is CCc1cc(NC(=O)C(N=Nc2ccc(Cl)c(C(=O)Nc3ccccc3)c2)C(C)=O)cc(CC)c1NC(=O)C(N=Nc1ccc(Cl)c(C(=O)Nc2ccccc2)c1)C(C)=O. The minimum absolute atomic E-state index is 0.116. The number of para-hydroxylation sites is 2. The molecule has 0 saturated carbocycles. The van der Waals surface area contributed by atoms with E-state index >= 15 is 0 Å². The normalized spacial score (nSPS) is 12.1. The Morgan fingerprint density at radius 2 is 0.917 bits per heavy atom. The molecule has 14 nitrogen and oxygen atoms in total. The van der Waals surface area contributed by atoms with E-state index in [9.17, 15) is 28.8 Å². The van der Waals surface area contributed by atoms with Gasteiger partial charge in [0.1, 0.15) is 0 Å². The van der Waals surface area contributed by atoms with Crippen molar-refractivity contribution in [2.45, 2.75) is 52.6 Å². The van der Waals surface area contributed by atoms with Crippen LogP contribution >= 0.6 is 23.2 Å². The molecule has 0 aliphatic rings. The van der Waals surface area contributed by atoms with Gasteiger partial charge in [-0.1, -0.05) is 73.4 Å². The number of nitrogens with zero attached hydrogens (tertiary/aromatic N) is 4. The van der Waals surface area contributed by atoms with Crippen LogP contribution in [-0.2, 0) is 32.0 Å². The van der Waals surface area contributed by atoms with Crippen molar-refractivity contribution < 1.29 is 28.8 Å². The maximum absolute atomic E-state index is 13.6. The van der Waals surface area contributed by atoms with Gasteiger partial charge in [0.15, 0.2) is 11.6 Å². The largest absolute Gasteiger partial charge is 0.324 e. The molecule has 5 aromatic rings. The molecule has 5 aromatic carbocycles. The number of aryl methyl sites for hydroxylation is 2.